The first-order chi connectivity index (χ1) is 5.90. The van der Waals surface area contributed by atoms with Crippen LogP contribution in [0.5, 0.6) is 5.88 Å². The molecular formula is C6H6N4OS. The molecule has 5 nitrogen and oxygen atoms in total. The molecule has 0 radical (unpaired) electrons. The van der Waals surface area contributed by atoms with E-state index in [1.54, 1.807) is 25.6 Å². The molecule has 0 saturated heterocycles. The number of methoxy groups -OCH3 is 1. The van der Waals surface area contributed by atoms with Crippen molar-refractivity contribution in [3.63, 3.8) is 0 Å². The molecule has 0 aromatic carbocycles. The third kappa shape index (κ3) is 1.16. The summed E-state index contributed by atoms with van der Waals surface area (Å²) in [5.41, 5.74) is 0. The molecule has 6 heteroatoms. The van der Waals surface area contributed by atoms with E-state index in [-0.39, 0.29) is 0 Å². The Balaban J connectivity index is 2.35. The summed E-state index contributed by atoms with van der Waals surface area (Å²) in [4.78, 5) is 1.50. The van der Waals surface area contributed by atoms with Crippen molar-refractivity contribution in [2.24, 2.45) is 0 Å². The largest absolute Gasteiger partial charge is 0.480 e. The van der Waals surface area contributed by atoms with Crippen molar-refractivity contribution >= 4 is 11.5 Å². The van der Waals surface area contributed by atoms with Crippen LogP contribution in [0.15, 0.2) is 18.5 Å². The Hall–Kier alpha value is -1.43. The maximum atomic E-state index is 4.92. The Kier molecular flexibility index (Phi) is 1.75. The van der Waals surface area contributed by atoms with Gasteiger partial charge in [0, 0.05) is 6.07 Å². The molecular weight excluding hydrogens is 176 g/mol. The number of ether oxygens (including phenoxy) is 1. The number of aromatic nitrogens is 4. The fraction of sp³-hybridized carbons (Fsp3) is 0.167. The first-order valence-electron chi connectivity index (χ1n) is 3.27. The zero-order valence-electron chi connectivity index (χ0n) is 6.34. The molecule has 0 spiro atoms. The fourth-order valence-electron chi connectivity index (χ4n) is 0.770. The van der Waals surface area contributed by atoms with Crippen molar-refractivity contribution in [3.8, 4) is 10.9 Å². The van der Waals surface area contributed by atoms with Gasteiger partial charge < -0.3 is 4.74 Å². The molecule has 0 fully saturated rings. The predicted molar refractivity (Wildman–Crippen MR) is 43.6 cm³/mol. The molecule has 2 heterocycles. The first kappa shape index (κ1) is 7.23. The summed E-state index contributed by atoms with van der Waals surface area (Å²) in [6.45, 7) is 0. The third-order valence-electron chi connectivity index (χ3n) is 1.30. The van der Waals surface area contributed by atoms with Crippen LogP contribution in [0.25, 0.3) is 5.00 Å². The predicted octanol–water partition coefficient (Wildman–Crippen LogP) is 0.732. The maximum absolute atomic E-state index is 4.92. The molecule has 2 aromatic rings. The lowest BCUT2D eigenvalue weighted by atomic mass is 10.6. The molecule has 0 bridgehead atoms. The van der Waals surface area contributed by atoms with Gasteiger partial charge in [-0.3, -0.25) is 0 Å². The number of hydrogen-bond acceptors (Lipinski definition) is 5. The second kappa shape index (κ2) is 2.90. The Labute approximate surface area is 72.8 Å². The maximum Gasteiger partial charge on any atom is 0.227 e. The van der Waals surface area contributed by atoms with Crippen LogP contribution in [0, 0.1) is 0 Å². The van der Waals surface area contributed by atoms with Crippen LogP contribution >= 0.6 is 11.5 Å². The SMILES string of the molecule is COc1cc(-n2nccn2)sn1. The van der Waals surface area contributed by atoms with Crippen molar-refractivity contribution in [1.29, 1.82) is 0 Å². The standard InChI is InChI=1S/C6H6N4OS/c1-11-5-4-6(12-9-5)10-7-2-3-8-10/h2-4H,1H3. The molecule has 0 atom stereocenters. The minimum absolute atomic E-state index is 0.590. The molecule has 12 heavy (non-hydrogen) atoms. The molecule has 0 aliphatic heterocycles. The average molecular weight is 182 g/mol. The van der Waals surface area contributed by atoms with E-state index in [4.69, 9.17) is 4.74 Å². The van der Waals surface area contributed by atoms with Crippen LogP contribution in [0.3, 0.4) is 0 Å². The van der Waals surface area contributed by atoms with Crippen molar-refractivity contribution in [3.05, 3.63) is 18.5 Å². The highest BCUT2D eigenvalue weighted by Gasteiger charge is 2.03. The molecule has 0 unspecified atom stereocenters. The monoisotopic (exact) mass is 182 g/mol. The summed E-state index contributed by atoms with van der Waals surface area (Å²) in [6.07, 6.45) is 3.23. The topological polar surface area (TPSA) is 52.8 Å². The molecule has 0 aliphatic carbocycles. The molecule has 0 saturated carbocycles. The summed E-state index contributed by atoms with van der Waals surface area (Å²) < 4.78 is 8.93. The van der Waals surface area contributed by atoms with Gasteiger partial charge in [-0.15, -0.1) is 4.80 Å². The summed E-state index contributed by atoms with van der Waals surface area (Å²) in [5, 5.41) is 8.75. The summed E-state index contributed by atoms with van der Waals surface area (Å²) in [7, 11) is 1.58. The van der Waals surface area contributed by atoms with Crippen LogP contribution in [-0.2, 0) is 0 Å². The Morgan fingerprint density at radius 1 is 1.42 bits per heavy atom. The fourth-order valence-corrected chi connectivity index (χ4v) is 1.40. The van der Waals surface area contributed by atoms with Crippen molar-refractivity contribution in [2.45, 2.75) is 0 Å². The lowest BCUT2D eigenvalue weighted by Crippen LogP contribution is -1.94. The van der Waals surface area contributed by atoms with Crippen LogP contribution in [-0.4, -0.2) is 26.5 Å². The normalized spacial score (nSPS) is 10.1. The molecule has 0 aliphatic rings. The minimum atomic E-state index is 0.590. The van der Waals surface area contributed by atoms with E-state index in [1.165, 1.54) is 16.3 Å². The number of nitrogens with zero attached hydrogens (tertiary/aromatic N) is 4. The van der Waals surface area contributed by atoms with Crippen LogP contribution in [0.1, 0.15) is 0 Å². The van der Waals surface area contributed by atoms with Gasteiger partial charge in [-0.25, -0.2) is 0 Å². The Bertz CT molecular complexity index is 355. The molecule has 2 rings (SSSR count). The Morgan fingerprint density at radius 2 is 2.17 bits per heavy atom. The molecule has 2 aromatic heterocycles. The molecule has 0 amide bonds. The van der Waals surface area contributed by atoms with Gasteiger partial charge in [-0.2, -0.15) is 14.6 Å². The number of rotatable bonds is 2. The zero-order valence-corrected chi connectivity index (χ0v) is 7.15. The second-order valence-corrected chi connectivity index (χ2v) is 2.81. The first-order valence-corrected chi connectivity index (χ1v) is 4.05. The van der Waals surface area contributed by atoms with Gasteiger partial charge in [0.25, 0.3) is 0 Å². The lowest BCUT2D eigenvalue weighted by Gasteiger charge is -1.89. The van der Waals surface area contributed by atoms with Crippen molar-refractivity contribution in [2.75, 3.05) is 7.11 Å². The minimum Gasteiger partial charge on any atom is -0.480 e. The summed E-state index contributed by atoms with van der Waals surface area (Å²) in [5.74, 6) is 0.590. The van der Waals surface area contributed by atoms with E-state index in [1.807, 2.05) is 0 Å². The van der Waals surface area contributed by atoms with Gasteiger partial charge >= 0.3 is 0 Å². The van der Waals surface area contributed by atoms with Gasteiger partial charge in [0.05, 0.1) is 19.5 Å². The summed E-state index contributed by atoms with van der Waals surface area (Å²) in [6, 6.07) is 1.78. The third-order valence-corrected chi connectivity index (χ3v) is 2.04. The molecule has 0 N–H and O–H groups in total. The van der Waals surface area contributed by atoms with E-state index >= 15 is 0 Å². The van der Waals surface area contributed by atoms with E-state index in [0.29, 0.717) is 5.88 Å². The van der Waals surface area contributed by atoms with Crippen LogP contribution in [0.2, 0.25) is 0 Å². The van der Waals surface area contributed by atoms with Gasteiger partial charge in [0.15, 0.2) is 5.00 Å². The second-order valence-electron chi connectivity index (χ2n) is 2.03. The lowest BCUT2D eigenvalue weighted by molar-refractivity contribution is 0.402. The highest BCUT2D eigenvalue weighted by atomic mass is 32.1. The van der Waals surface area contributed by atoms with Gasteiger partial charge in [0.1, 0.15) is 0 Å². The zero-order chi connectivity index (χ0) is 8.39. The highest BCUT2D eigenvalue weighted by molar-refractivity contribution is 7.08. The van der Waals surface area contributed by atoms with E-state index in [0.717, 1.165) is 5.00 Å². The van der Waals surface area contributed by atoms with Crippen molar-refractivity contribution < 1.29 is 4.74 Å². The van der Waals surface area contributed by atoms with Gasteiger partial charge in [0.2, 0.25) is 5.88 Å². The van der Waals surface area contributed by atoms with Crippen LogP contribution < -0.4 is 4.74 Å². The van der Waals surface area contributed by atoms with Gasteiger partial charge in [-0.05, 0) is 11.5 Å². The van der Waals surface area contributed by atoms with E-state index in [2.05, 4.69) is 14.6 Å². The van der Waals surface area contributed by atoms with Gasteiger partial charge in [-0.1, -0.05) is 0 Å². The molecule has 62 valence electrons. The van der Waals surface area contributed by atoms with Crippen LogP contribution in [0.4, 0.5) is 0 Å². The average Bonchev–Trinajstić information content (AvgIpc) is 2.75. The Morgan fingerprint density at radius 3 is 2.75 bits per heavy atom. The number of hydrogen-bond donors (Lipinski definition) is 0. The van der Waals surface area contributed by atoms with E-state index < -0.39 is 0 Å². The quantitative estimate of drug-likeness (QED) is 0.687. The van der Waals surface area contributed by atoms with E-state index in [9.17, 15) is 0 Å². The highest BCUT2D eigenvalue weighted by Crippen LogP contribution is 2.18. The summed E-state index contributed by atoms with van der Waals surface area (Å²) >= 11 is 1.29. The smallest absolute Gasteiger partial charge is 0.227 e. The van der Waals surface area contributed by atoms with Crippen molar-refractivity contribution in [1.82, 2.24) is 19.4 Å².